The van der Waals surface area contributed by atoms with E-state index < -0.39 is 0 Å². The van der Waals surface area contributed by atoms with Crippen LogP contribution < -0.4 is 10.8 Å². The highest BCUT2D eigenvalue weighted by atomic mass is 16.6. The molecule has 3 heteroatoms. The van der Waals surface area contributed by atoms with Crippen LogP contribution in [0, 0.1) is 20.8 Å². The highest BCUT2D eigenvalue weighted by molar-refractivity contribution is 5.60. The molecule has 1 fully saturated rings. The Kier molecular flexibility index (Phi) is 3.69. The number of anilines is 1. The van der Waals surface area contributed by atoms with Crippen molar-refractivity contribution < 1.29 is 4.84 Å². The van der Waals surface area contributed by atoms with Crippen LogP contribution >= 0.6 is 0 Å². The van der Waals surface area contributed by atoms with Gasteiger partial charge in [0.25, 0.3) is 0 Å². The fourth-order valence-corrected chi connectivity index (χ4v) is 2.92. The summed E-state index contributed by atoms with van der Waals surface area (Å²) in [4.78, 5) is 7.41. The molecule has 3 nitrogen and oxygen atoms in total. The van der Waals surface area contributed by atoms with E-state index in [1.807, 2.05) is 0 Å². The van der Waals surface area contributed by atoms with Crippen molar-refractivity contribution in [2.24, 2.45) is 5.90 Å². The second-order valence-electron chi connectivity index (χ2n) is 5.09. The molecule has 0 aliphatic carbocycles. The fourth-order valence-electron chi connectivity index (χ4n) is 2.92. The van der Waals surface area contributed by atoms with Gasteiger partial charge in [0.05, 0.1) is 6.10 Å². The average Bonchev–Trinajstić information content (AvgIpc) is 2.28. The third-order valence-corrected chi connectivity index (χ3v) is 3.52. The number of nitrogens with two attached hydrogens (primary N) is 1. The Hall–Kier alpha value is -1.06. The summed E-state index contributed by atoms with van der Waals surface area (Å²) in [6, 6.07) is 4.49. The molecular formula is C14H22N2O. The zero-order chi connectivity index (χ0) is 12.4. The van der Waals surface area contributed by atoms with E-state index in [1.54, 1.807) is 0 Å². The normalized spacial score (nSPS) is 20.7. The van der Waals surface area contributed by atoms with Crippen LogP contribution in [0.25, 0.3) is 0 Å². The summed E-state index contributed by atoms with van der Waals surface area (Å²) in [7, 11) is 0. The van der Waals surface area contributed by atoms with Gasteiger partial charge in [-0.2, -0.15) is 0 Å². The number of aryl methyl sites for hydroxylation is 3. The first-order chi connectivity index (χ1) is 8.11. The summed E-state index contributed by atoms with van der Waals surface area (Å²) in [5.74, 6) is 5.32. The zero-order valence-electron chi connectivity index (χ0n) is 11.0. The minimum Gasteiger partial charge on any atom is -0.368 e. The van der Waals surface area contributed by atoms with E-state index in [0.29, 0.717) is 0 Å². The summed E-state index contributed by atoms with van der Waals surface area (Å²) in [6.07, 6.45) is 2.38. The number of piperidine rings is 1. The van der Waals surface area contributed by atoms with Gasteiger partial charge in [0, 0.05) is 18.8 Å². The first-order valence-corrected chi connectivity index (χ1v) is 6.30. The lowest BCUT2D eigenvalue weighted by atomic mass is 10.0. The third-order valence-electron chi connectivity index (χ3n) is 3.52. The molecule has 0 aromatic heterocycles. The van der Waals surface area contributed by atoms with Crippen LogP contribution in [0.5, 0.6) is 0 Å². The Bertz CT molecular complexity index is 380. The predicted molar refractivity (Wildman–Crippen MR) is 71.2 cm³/mol. The molecule has 1 atom stereocenters. The molecule has 1 aliphatic rings. The van der Waals surface area contributed by atoms with Crippen LogP contribution in [0.2, 0.25) is 0 Å². The topological polar surface area (TPSA) is 38.5 Å². The maximum absolute atomic E-state index is 5.32. The van der Waals surface area contributed by atoms with Gasteiger partial charge in [-0.15, -0.1) is 0 Å². The second-order valence-corrected chi connectivity index (χ2v) is 5.09. The lowest BCUT2D eigenvalue weighted by Gasteiger charge is -2.35. The molecule has 2 rings (SSSR count). The van der Waals surface area contributed by atoms with Gasteiger partial charge >= 0.3 is 0 Å². The summed E-state index contributed by atoms with van der Waals surface area (Å²) >= 11 is 0. The SMILES string of the molecule is Cc1cc(C)c(N2CCCC(ON)C2)c(C)c1. The van der Waals surface area contributed by atoms with Crippen molar-refractivity contribution in [2.45, 2.75) is 39.7 Å². The minimum absolute atomic E-state index is 0.170. The summed E-state index contributed by atoms with van der Waals surface area (Å²) in [5.41, 5.74) is 5.38. The Labute approximate surface area is 104 Å². The van der Waals surface area contributed by atoms with Crippen molar-refractivity contribution in [2.75, 3.05) is 18.0 Å². The maximum atomic E-state index is 5.32. The summed E-state index contributed by atoms with van der Waals surface area (Å²) in [6.45, 7) is 8.52. The Morgan fingerprint density at radius 3 is 2.47 bits per heavy atom. The Morgan fingerprint density at radius 1 is 1.24 bits per heavy atom. The standard InChI is InChI=1S/C14H22N2O/c1-10-7-11(2)14(12(3)8-10)16-6-4-5-13(9-16)17-15/h7-8,13H,4-6,9,15H2,1-3H3. The van der Waals surface area contributed by atoms with E-state index >= 15 is 0 Å². The van der Waals surface area contributed by atoms with Crippen molar-refractivity contribution in [1.29, 1.82) is 0 Å². The van der Waals surface area contributed by atoms with E-state index in [-0.39, 0.29) is 6.10 Å². The Balaban J connectivity index is 2.27. The Morgan fingerprint density at radius 2 is 1.88 bits per heavy atom. The monoisotopic (exact) mass is 234 g/mol. The van der Waals surface area contributed by atoms with Crippen molar-refractivity contribution in [1.82, 2.24) is 0 Å². The first kappa shape index (κ1) is 12.4. The highest BCUT2D eigenvalue weighted by Gasteiger charge is 2.22. The number of nitrogens with zero attached hydrogens (tertiary/aromatic N) is 1. The van der Waals surface area contributed by atoms with Crippen molar-refractivity contribution in [3.63, 3.8) is 0 Å². The van der Waals surface area contributed by atoms with Gasteiger partial charge in [-0.05, 0) is 44.7 Å². The van der Waals surface area contributed by atoms with Gasteiger partial charge in [0.1, 0.15) is 0 Å². The molecule has 0 saturated carbocycles. The number of rotatable bonds is 2. The lowest BCUT2D eigenvalue weighted by molar-refractivity contribution is 0.0434. The number of benzene rings is 1. The largest absolute Gasteiger partial charge is 0.368 e. The van der Waals surface area contributed by atoms with Crippen LogP contribution in [0.3, 0.4) is 0 Å². The van der Waals surface area contributed by atoms with Crippen LogP contribution in [-0.4, -0.2) is 19.2 Å². The number of hydrogen-bond donors (Lipinski definition) is 1. The molecule has 0 amide bonds. The van der Waals surface area contributed by atoms with Crippen LogP contribution in [0.4, 0.5) is 5.69 Å². The fraction of sp³-hybridized carbons (Fsp3) is 0.571. The predicted octanol–water partition coefficient (Wildman–Crippen LogP) is 2.47. The summed E-state index contributed by atoms with van der Waals surface area (Å²) < 4.78 is 0. The van der Waals surface area contributed by atoms with Crippen molar-refractivity contribution in [3.05, 3.63) is 28.8 Å². The molecule has 0 bridgehead atoms. The van der Waals surface area contributed by atoms with Crippen LogP contribution in [0.1, 0.15) is 29.5 Å². The van der Waals surface area contributed by atoms with Crippen molar-refractivity contribution in [3.8, 4) is 0 Å². The van der Waals surface area contributed by atoms with Gasteiger partial charge in [-0.1, -0.05) is 17.7 Å². The van der Waals surface area contributed by atoms with Gasteiger partial charge in [0.2, 0.25) is 0 Å². The first-order valence-electron chi connectivity index (χ1n) is 6.30. The molecule has 17 heavy (non-hydrogen) atoms. The van der Waals surface area contributed by atoms with Crippen LogP contribution in [-0.2, 0) is 4.84 Å². The highest BCUT2D eigenvalue weighted by Crippen LogP contribution is 2.29. The molecule has 1 heterocycles. The molecule has 1 aromatic rings. The molecule has 2 N–H and O–H groups in total. The second kappa shape index (κ2) is 5.07. The van der Waals surface area contributed by atoms with E-state index in [4.69, 9.17) is 10.7 Å². The molecule has 1 aromatic carbocycles. The smallest absolute Gasteiger partial charge is 0.0962 e. The number of hydrogen-bond acceptors (Lipinski definition) is 3. The molecule has 0 spiro atoms. The molecular weight excluding hydrogens is 212 g/mol. The lowest BCUT2D eigenvalue weighted by Crippen LogP contribution is -2.41. The molecule has 1 unspecified atom stereocenters. The van der Waals surface area contributed by atoms with E-state index in [0.717, 1.165) is 25.9 Å². The molecule has 94 valence electrons. The zero-order valence-corrected chi connectivity index (χ0v) is 11.0. The average molecular weight is 234 g/mol. The van der Waals surface area contributed by atoms with Gasteiger partial charge in [0.15, 0.2) is 0 Å². The maximum Gasteiger partial charge on any atom is 0.0962 e. The summed E-state index contributed by atoms with van der Waals surface area (Å²) in [5, 5.41) is 0. The third kappa shape index (κ3) is 2.61. The van der Waals surface area contributed by atoms with E-state index in [2.05, 4.69) is 37.8 Å². The molecule has 1 saturated heterocycles. The van der Waals surface area contributed by atoms with Gasteiger partial charge < -0.3 is 4.90 Å². The molecule has 1 aliphatic heterocycles. The van der Waals surface area contributed by atoms with Gasteiger partial charge in [-0.25, -0.2) is 5.90 Å². The van der Waals surface area contributed by atoms with Crippen molar-refractivity contribution >= 4 is 5.69 Å². The molecule has 0 radical (unpaired) electrons. The minimum atomic E-state index is 0.170. The van der Waals surface area contributed by atoms with Crippen LogP contribution in [0.15, 0.2) is 12.1 Å². The van der Waals surface area contributed by atoms with E-state index in [1.165, 1.54) is 22.4 Å². The van der Waals surface area contributed by atoms with Gasteiger partial charge in [-0.3, -0.25) is 4.84 Å². The quantitative estimate of drug-likeness (QED) is 0.799. The van der Waals surface area contributed by atoms with E-state index in [9.17, 15) is 0 Å².